The number of aromatic nitrogens is 1. The molecule has 80 valence electrons. The Balaban J connectivity index is 2.47. The van der Waals surface area contributed by atoms with Crippen LogP contribution >= 0.6 is 0 Å². The normalized spacial score (nSPS) is 10.1. The van der Waals surface area contributed by atoms with E-state index in [9.17, 15) is 8.78 Å². The van der Waals surface area contributed by atoms with Crippen LogP contribution in [0.15, 0.2) is 28.9 Å². The quantitative estimate of drug-likeness (QED) is 0.781. The van der Waals surface area contributed by atoms with E-state index in [1.807, 2.05) is 6.07 Å². The largest absolute Gasteiger partial charge is 0.444 e. The van der Waals surface area contributed by atoms with E-state index in [2.05, 4.69) is 4.98 Å². The molecule has 1 aromatic carbocycles. The molecule has 2 aromatic rings. The lowest BCUT2D eigenvalue weighted by Crippen LogP contribution is -1.90. The minimum atomic E-state index is -0.745. The van der Waals surface area contributed by atoms with E-state index in [1.54, 1.807) is 0 Å². The van der Waals surface area contributed by atoms with Gasteiger partial charge in [-0.15, -0.1) is 0 Å². The lowest BCUT2D eigenvalue weighted by molar-refractivity contribution is 0.541. The molecule has 0 atom stereocenters. The molecule has 0 saturated carbocycles. The van der Waals surface area contributed by atoms with Crippen LogP contribution in [0.5, 0.6) is 0 Å². The lowest BCUT2D eigenvalue weighted by Gasteiger charge is -1.98. The summed E-state index contributed by atoms with van der Waals surface area (Å²) in [7, 11) is 0. The van der Waals surface area contributed by atoms with Crippen molar-refractivity contribution in [1.29, 1.82) is 5.26 Å². The van der Waals surface area contributed by atoms with E-state index in [1.165, 1.54) is 12.3 Å². The van der Waals surface area contributed by atoms with Crippen molar-refractivity contribution in [3.05, 3.63) is 41.8 Å². The summed E-state index contributed by atoms with van der Waals surface area (Å²) in [6, 6.07) is 5.36. The Bertz CT molecular complexity index is 537. The van der Waals surface area contributed by atoms with Gasteiger partial charge in [0.25, 0.3) is 0 Å². The van der Waals surface area contributed by atoms with Crippen LogP contribution in [-0.4, -0.2) is 4.98 Å². The van der Waals surface area contributed by atoms with Crippen molar-refractivity contribution in [3.63, 3.8) is 0 Å². The monoisotopic (exact) mass is 220 g/mol. The van der Waals surface area contributed by atoms with Gasteiger partial charge in [-0.25, -0.2) is 13.8 Å². The average Bonchev–Trinajstić information content (AvgIpc) is 2.67. The Morgan fingerprint density at radius 1 is 1.31 bits per heavy atom. The number of rotatable bonds is 2. The van der Waals surface area contributed by atoms with E-state index in [0.717, 1.165) is 12.1 Å². The predicted octanol–water partition coefficient (Wildman–Crippen LogP) is 2.69. The van der Waals surface area contributed by atoms with E-state index in [0.29, 0.717) is 5.69 Å². The molecule has 3 nitrogen and oxygen atoms in total. The van der Waals surface area contributed by atoms with Crippen LogP contribution in [0.25, 0.3) is 11.5 Å². The Morgan fingerprint density at radius 2 is 2.00 bits per heavy atom. The molecule has 0 radical (unpaired) electrons. The first-order valence-electron chi connectivity index (χ1n) is 4.48. The minimum Gasteiger partial charge on any atom is -0.444 e. The van der Waals surface area contributed by atoms with Gasteiger partial charge < -0.3 is 4.42 Å². The highest BCUT2D eigenvalue weighted by molar-refractivity contribution is 5.55. The van der Waals surface area contributed by atoms with Crippen LogP contribution in [0, 0.1) is 23.0 Å². The minimum absolute atomic E-state index is 0.0412. The average molecular weight is 220 g/mol. The van der Waals surface area contributed by atoms with E-state index in [4.69, 9.17) is 9.68 Å². The summed E-state index contributed by atoms with van der Waals surface area (Å²) in [5.41, 5.74) is 0.0341. The SMILES string of the molecule is N#CCc1coc(-c2c(F)cccc2F)n1. The maximum atomic E-state index is 13.3. The topological polar surface area (TPSA) is 49.8 Å². The van der Waals surface area contributed by atoms with Crippen LogP contribution < -0.4 is 0 Å². The van der Waals surface area contributed by atoms with Crippen molar-refractivity contribution in [3.8, 4) is 17.5 Å². The summed E-state index contributed by atoms with van der Waals surface area (Å²) >= 11 is 0. The second-order valence-electron chi connectivity index (χ2n) is 3.08. The highest BCUT2D eigenvalue weighted by Gasteiger charge is 2.16. The molecule has 0 saturated heterocycles. The van der Waals surface area contributed by atoms with Crippen LogP contribution in [0.1, 0.15) is 5.69 Å². The summed E-state index contributed by atoms with van der Waals surface area (Å²) in [4.78, 5) is 3.82. The second kappa shape index (κ2) is 4.11. The molecular formula is C11H6F2N2O. The van der Waals surface area contributed by atoms with E-state index in [-0.39, 0.29) is 17.9 Å². The molecule has 0 aliphatic heterocycles. The molecule has 2 rings (SSSR count). The van der Waals surface area contributed by atoms with Gasteiger partial charge in [-0.1, -0.05) is 6.07 Å². The first-order valence-corrected chi connectivity index (χ1v) is 4.48. The van der Waals surface area contributed by atoms with Crippen LogP contribution in [-0.2, 0) is 6.42 Å². The van der Waals surface area contributed by atoms with Gasteiger partial charge in [0, 0.05) is 0 Å². The van der Waals surface area contributed by atoms with Gasteiger partial charge in [-0.2, -0.15) is 5.26 Å². The van der Waals surface area contributed by atoms with Crippen molar-refractivity contribution in [1.82, 2.24) is 4.98 Å². The second-order valence-corrected chi connectivity index (χ2v) is 3.08. The molecule has 1 heterocycles. The molecule has 0 fully saturated rings. The number of benzene rings is 1. The Kier molecular flexibility index (Phi) is 2.64. The standard InChI is InChI=1S/C11H6F2N2O/c12-8-2-1-3-9(13)10(8)11-15-7(4-5-14)6-16-11/h1-3,6H,4H2. The Morgan fingerprint density at radius 3 is 2.62 bits per heavy atom. The molecule has 5 heteroatoms. The first-order chi connectivity index (χ1) is 7.72. The zero-order valence-corrected chi connectivity index (χ0v) is 8.08. The van der Waals surface area contributed by atoms with Crippen molar-refractivity contribution in [2.45, 2.75) is 6.42 Å². The summed E-state index contributed by atoms with van der Waals surface area (Å²) in [6.07, 6.45) is 1.25. The Hall–Kier alpha value is -2.22. The van der Waals surface area contributed by atoms with Gasteiger partial charge >= 0.3 is 0 Å². The van der Waals surface area contributed by atoms with E-state index < -0.39 is 11.6 Å². The van der Waals surface area contributed by atoms with Crippen molar-refractivity contribution in [2.75, 3.05) is 0 Å². The number of halogens is 2. The molecule has 0 amide bonds. The van der Waals surface area contributed by atoms with Crippen LogP contribution in [0.2, 0.25) is 0 Å². The fraction of sp³-hybridized carbons (Fsp3) is 0.0909. The molecule has 0 unspecified atom stereocenters. The number of nitriles is 1. The third kappa shape index (κ3) is 1.77. The zero-order chi connectivity index (χ0) is 11.5. The third-order valence-corrected chi connectivity index (χ3v) is 1.99. The van der Waals surface area contributed by atoms with Gasteiger partial charge in [0.1, 0.15) is 23.5 Å². The summed E-state index contributed by atoms with van der Waals surface area (Å²) in [5, 5.41) is 8.43. The third-order valence-electron chi connectivity index (χ3n) is 1.99. The summed E-state index contributed by atoms with van der Waals surface area (Å²) in [6.45, 7) is 0. The lowest BCUT2D eigenvalue weighted by atomic mass is 10.2. The maximum Gasteiger partial charge on any atom is 0.232 e. The van der Waals surface area contributed by atoms with Gasteiger partial charge in [-0.3, -0.25) is 0 Å². The highest BCUT2D eigenvalue weighted by Crippen LogP contribution is 2.25. The summed E-state index contributed by atoms with van der Waals surface area (Å²) in [5.74, 6) is -1.64. The first kappa shape index (κ1) is 10.3. The zero-order valence-electron chi connectivity index (χ0n) is 8.08. The van der Waals surface area contributed by atoms with Crippen molar-refractivity contribution >= 4 is 0 Å². The fourth-order valence-electron chi connectivity index (χ4n) is 1.29. The molecule has 0 spiro atoms. The smallest absolute Gasteiger partial charge is 0.232 e. The molecule has 0 bridgehead atoms. The van der Waals surface area contributed by atoms with Gasteiger partial charge in [0.05, 0.1) is 18.2 Å². The number of hydrogen-bond donors (Lipinski definition) is 0. The maximum absolute atomic E-state index is 13.3. The molecular weight excluding hydrogens is 214 g/mol. The van der Waals surface area contributed by atoms with Crippen molar-refractivity contribution in [2.24, 2.45) is 0 Å². The molecule has 0 aliphatic carbocycles. The molecule has 1 aromatic heterocycles. The van der Waals surface area contributed by atoms with Crippen molar-refractivity contribution < 1.29 is 13.2 Å². The molecule has 0 N–H and O–H groups in total. The number of hydrogen-bond acceptors (Lipinski definition) is 3. The van der Waals surface area contributed by atoms with Crippen LogP contribution in [0.3, 0.4) is 0 Å². The van der Waals surface area contributed by atoms with Gasteiger partial charge in [-0.05, 0) is 12.1 Å². The van der Waals surface area contributed by atoms with Crippen LogP contribution in [0.4, 0.5) is 8.78 Å². The highest BCUT2D eigenvalue weighted by atomic mass is 19.1. The van der Waals surface area contributed by atoms with Gasteiger partial charge in [0.2, 0.25) is 5.89 Å². The summed E-state index contributed by atoms with van der Waals surface area (Å²) < 4.78 is 31.6. The predicted molar refractivity (Wildman–Crippen MR) is 51.2 cm³/mol. The number of nitrogens with zero attached hydrogens (tertiary/aromatic N) is 2. The number of oxazole rings is 1. The fourth-order valence-corrected chi connectivity index (χ4v) is 1.29. The molecule has 0 aliphatic rings. The molecule has 16 heavy (non-hydrogen) atoms. The van der Waals surface area contributed by atoms with E-state index >= 15 is 0 Å². The van der Waals surface area contributed by atoms with Gasteiger partial charge in [0.15, 0.2) is 0 Å². The Labute approximate surface area is 90.0 Å².